The van der Waals surface area contributed by atoms with Gasteiger partial charge in [-0.2, -0.15) is 0 Å². The van der Waals surface area contributed by atoms with Gasteiger partial charge in [-0.15, -0.1) is 0 Å². The van der Waals surface area contributed by atoms with Crippen molar-refractivity contribution in [3.8, 4) is 0 Å². The lowest BCUT2D eigenvalue weighted by molar-refractivity contribution is -0.162. The number of benzene rings is 1. The van der Waals surface area contributed by atoms with Gasteiger partial charge < -0.3 is 34.3 Å². The zero-order chi connectivity index (χ0) is 36.3. The van der Waals surface area contributed by atoms with Crippen LogP contribution in [0.3, 0.4) is 0 Å². The summed E-state index contributed by atoms with van der Waals surface area (Å²) in [6.07, 6.45) is -2.08. The summed E-state index contributed by atoms with van der Waals surface area (Å²) in [4.78, 5) is 60.1. The summed E-state index contributed by atoms with van der Waals surface area (Å²) in [7, 11) is -11.1. The summed E-state index contributed by atoms with van der Waals surface area (Å²) in [5.41, 5.74) is -2.50. The maximum atomic E-state index is 14.2. The van der Waals surface area contributed by atoms with Crippen LogP contribution >= 0.6 is 15.2 Å². The second-order valence-electron chi connectivity index (χ2n) is 13.3. The Balaban J connectivity index is 3.36. The summed E-state index contributed by atoms with van der Waals surface area (Å²) in [6.45, 7) is 9.21. The van der Waals surface area contributed by atoms with E-state index in [0.29, 0.717) is 5.56 Å². The average Bonchev–Trinajstić information content (AvgIpc) is 2.94. The highest BCUT2D eigenvalue weighted by atomic mass is 31.2. The predicted octanol–water partition coefficient (Wildman–Crippen LogP) is 5.02. The van der Waals surface area contributed by atoms with Crippen LogP contribution in [-0.4, -0.2) is 66.0 Å². The van der Waals surface area contributed by atoms with E-state index in [-0.39, 0.29) is 6.61 Å². The Bertz CT molecular complexity index is 1280. The molecule has 0 aromatic heterocycles. The minimum absolute atomic E-state index is 0.138. The van der Waals surface area contributed by atoms with Crippen molar-refractivity contribution in [3.05, 3.63) is 35.9 Å². The summed E-state index contributed by atoms with van der Waals surface area (Å²) < 4.78 is 62.9. The maximum absolute atomic E-state index is 14.2. The monoisotopic (exact) mass is 711 g/mol. The van der Waals surface area contributed by atoms with Gasteiger partial charge in [0.2, 0.25) is 20.4 Å². The quantitative estimate of drug-likeness (QED) is 0.0887. The number of hydrogen-bond acceptors (Lipinski definition) is 14. The van der Waals surface area contributed by atoms with Crippen LogP contribution in [0.15, 0.2) is 30.3 Å². The highest BCUT2D eigenvalue weighted by molar-refractivity contribution is 7.73. The van der Waals surface area contributed by atoms with Gasteiger partial charge in [0.25, 0.3) is 5.08 Å². The molecule has 1 amide bonds. The van der Waals surface area contributed by atoms with Gasteiger partial charge in [-0.3, -0.25) is 37.1 Å². The van der Waals surface area contributed by atoms with Crippen LogP contribution in [0.5, 0.6) is 0 Å². The van der Waals surface area contributed by atoms with Crippen molar-refractivity contribution in [2.24, 2.45) is 16.2 Å². The second kappa shape index (κ2) is 17.0. The number of alkyl carbamates (subject to hydrolysis) is 1. The molecule has 0 aliphatic rings. The van der Waals surface area contributed by atoms with Crippen molar-refractivity contribution in [3.63, 3.8) is 0 Å². The minimum atomic E-state index is -5.67. The number of carbonyl (C=O) groups excluding carboxylic acids is 4. The third kappa shape index (κ3) is 13.3. The highest BCUT2D eigenvalue weighted by Crippen LogP contribution is 2.75. The Morgan fingerprint density at radius 2 is 1.09 bits per heavy atom. The number of carbonyl (C=O) groups is 4. The standard InChI is InChI=1S/C29H47NO15P2/c1-26(2,3)22(31)40-18-43-46(36,37)29(35,15-16-30-25(34)39-17-21-13-11-10-12-14-21)47(38,44-19-41-23(32)27(4,5)6)45-20-42-24(33)28(7,8)9/h10-14,35H,15-20H2,1-9H3,(H,30,34)(H,36,37). The molecule has 47 heavy (non-hydrogen) atoms. The fraction of sp³-hybridized carbons (Fsp3) is 0.655. The Hall–Kier alpha value is -2.84. The lowest BCUT2D eigenvalue weighted by Gasteiger charge is -2.36. The zero-order valence-electron chi connectivity index (χ0n) is 28.2. The normalized spacial score (nSPS) is 15.0. The highest BCUT2D eigenvalue weighted by Gasteiger charge is 2.64. The molecule has 268 valence electrons. The number of rotatable bonds is 16. The molecule has 1 aromatic rings. The maximum Gasteiger partial charge on any atom is 0.407 e. The van der Waals surface area contributed by atoms with Gasteiger partial charge in [-0.05, 0) is 67.9 Å². The van der Waals surface area contributed by atoms with Crippen LogP contribution in [0.4, 0.5) is 4.79 Å². The fourth-order valence-electron chi connectivity index (χ4n) is 2.99. The van der Waals surface area contributed by atoms with Crippen LogP contribution in [0.25, 0.3) is 0 Å². The van der Waals surface area contributed by atoms with Crippen LogP contribution in [-0.2, 0) is 62.6 Å². The number of hydrogen-bond donors (Lipinski definition) is 3. The molecule has 3 N–H and O–H groups in total. The SMILES string of the molecule is CC(C)(C)C(=O)OCOP(=O)(O)C(O)(CCNC(=O)OCc1ccccc1)P(=O)(OCOC(=O)C(C)(C)C)OCOC(=O)C(C)(C)C. The molecule has 0 aliphatic heterocycles. The molecule has 0 saturated heterocycles. The first-order valence-corrected chi connectivity index (χ1v) is 17.5. The van der Waals surface area contributed by atoms with Crippen molar-refractivity contribution in [1.29, 1.82) is 0 Å². The van der Waals surface area contributed by atoms with Gasteiger partial charge in [-0.1, -0.05) is 30.3 Å². The Morgan fingerprint density at radius 3 is 1.49 bits per heavy atom. The molecule has 0 heterocycles. The van der Waals surface area contributed by atoms with Crippen LogP contribution in [0.1, 0.15) is 74.3 Å². The molecule has 16 nitrogen and oxygen atoms in total. The largest absolute Gasteiger partial charge is 0.445 e. The zero-order valence-corrected chi connectivity index (χ0v) is 30.0. The Morgan fingerprint density at radius 1 is 0.681 bits per heavy atom. The molecule has 18 heteroatoms. The van der Waals surface area contributed by atoms with Crippen LogP contribution in [0.2, 0.25) is 0 Å². The number of esters is 3. The molecule has 0 bridgehead atoms. The van der Waals surface area contributed by atoms with E-state index in [4.69, 9.17) is 32.5 Å². The van der Waals surface area contributed by atoms with Crippen molar-refractivity contribution < 1.29 is 70.8 Å². The van der Waals surface area contributed by atoms with Gasteiger partial charge in [0.1, 0.15) is 6.61 Å². The number of ether oxygens (including phenoxy) is 4. The lowest BCUT2D eigenvalue weighted by atomic mass is 9.98. The van der Waals surface area contributed by atoms with E-state index in [0.717, 1.165) is 0 Å². The molecule has 2 atom stereocenters. The van der Waals surface area contributed by atoms with Gasteiger partial charge in [0.15, 0.2) is 0 Å². The summed E-state index contributed by atoms with van der Waals surface area (Å²) in [5.74, 6) is -2.53. The Kier molecular flexibility index (Phi) is 15.3. The molecule has 0 saturated carbocycles. The molecule has 2 unspecified atom stereocenters. The smallest absolute Gasteiger partial charge is 0.407 e. The first kappa shape index (κ1) is 42.2. The predicted molar refractivity (Wildman–Crippen MR) is 166 cm³/mol. The molecular weight excluding hydrogens is 664 g/mol. The third-order valence-corrected chi connectivity index (χ3v) is 11.0. The second-order valence-corrected chi connectivity index (χ2v) is 18.0. The first-order valence-electron chi connectivity index (χ1n) is 14.4. The van der Waals surface area contributed by atoms with E-state index < -0.39 is 93.9 Å². The summed E-state index contributed by atoms with van der Waals surface area (Å²) in [5, 5.41) is 10.4. The van der Waals surface area contributed by atoms with E-state index in [1.165, 1.54) is 62.3 Å². The van der Waals surface area contributed by atoms with Gasteiger partial charge in [0, 0.05) is 13.0 Å². The van der Waals surface area contributed by atoms with Crippen LogP contribution in [0, 0.1) is 16.2 Å². The number of nitrogens with one attached hydrogen (secondary N) is 1. The van der Waals surface area contributed by atoms with E-state index in [1.54, 1.807) is 30.3 Å². The van der Waals surface area contributed by atoms with Crippen molar-refractivity contribution in [2.45, 2.75) is 80.4 Å². The fourth-order valence-corrected chi connectivity index (χ4v) is 6.80. The van der Waals surface area contributed by atoms with Gasteiger partial charge >= 0.3 is 39.2 Å². The third-order valence-electron chi connectivity index (χ3n) is 5.91. The van der Waals surface area contributed by atoms with Crippen molar-refractivity contribution in [1.82, 2.24) is 5.32 Å². The van der Waals surface area contributed by atoms with Gasteiger partial charge in [0.05, 0.1) is 16.2 Å². The molecule has 1 rings (SSSR count). The number of amides is 1. The summed E-state index contributed by atoms with van der Waals surface area (Å²) >= 11 is 0. The molecule has 1 aromatic carbocycles. The van der Waals surface area contributed by atoms with E-state index in [2.05, 4.69) is 5.32 Å². The molecule has 0 spiro atoms. The summed E-state index contributed by atoms with van der Waals surface area (Å²) in [6, 6.07) is 8.61. The molecule has 0 radical (unpaired) electrons. The lowest BCUT2D eigenvalue weighted by Crippen LogP contribution is -2.38. The number of aliphatic hydroxyl groups is 1. The van der Waals surface area contributed by atoms with Crippen molar-refractivity contribution >= 4 is 39.2 Å². The van der Waals surface area contributed by atoms with Crippen LogP contribution < -0.4 is 5.32 Å². The average molecular weight is 712 g/mol. The molecule has 0 aliphatic carbocycles. The van der Waals surface area contributed by atoms with E-state index in [1.807, 2.05) is 0 Å². The molecular formula is C29H47NO15P2. The topological polar surface area (TPSA) is 220 Å². The Labute approximate surface area is 274 Å². The van der Waals surface area contributed by atoms with Gasteiger partial charge in [-0.25, -0.2) is 4.79 Å². The van der Waals surface area contributed by atoms with E-state index in [9.17, 15) is 38.3 Å². The van der Waals surface area contributed by atoms with Crippen molar-refractivity contribution in [2.75, 3.05) is 26.9 Å². The van der Waals surface area contributed by atoms with E-state index >= 15 is 0 Å². The minimum Gasteiger partial charge on any atom is -0.445 e. The molecule has 0 fully saturated rings. The first-order chi connectivity index (χ1) is 21.4.